The summed E-state index contributed by atoms with van der Waals surface area (Å²) in [5, 5.41) is 0. The van der Waals surface area contributed by atoms with Crippen molar-refractivity contribution in [2.45, 2.75) is 13.8 Å². The molecule has 0 amide bonds. The molecule has 0 heteroatoms. The monoisotopic (exact) mass is 158 g/mol. The van der Waals surface area contributed by atoms with Crippen LogP contribution in [0, 0.1) is 0 Å². The highest BCUT2D eigenvalue weighted by Gasteiger charge is 1.89. The van der Waals surface area contributed by atoms with Crippen LogP contribution in [0.15, 0.2) is 48.6 Å². The Balaban J connectivity index is 2.85. The lowest BCUT2D eigenvalue weighted by Gasteiger charge is -1.97. The molecule has 1 aromatic carbocycles. The van der Waals surface area contributed by atoms with Gasteiger partial charge < -0.3 is 0 Å². The second-order valence-corrected chi connectivity index (χ2v) is 2.74. The molecule has 1 rings (SSSR count). The molecule has 0 bridgehead atoms. The van der Waals surface area contributed by atoms with E-state index in [0.29, 0.717) is 0 Å². The Bertz CT molecular complexity index is 278. The molecular formula is C12H14. The van der Waals surface area contributed by atoms with E-state index in [1.807, 2.05) is 19.1 Å². The summed E-state index contributed by atoms with van der Waals surface area (Å²) in [5.74, 6) is 0. The van der Waals surface area contributed by atoms with E-state index in [0.717, 1.165) is 0 Å². The first-order valence-electron chi connectivity index (χ1n) is 4.19. The van der Waals surface area contributed by atoms with Crippen molar-refractivity contribution in [2.24, 2.45) is 0 Å². The number of hydrogen-bond donors (Lipinski definition) is 0. The van der Waals surface area contributed by atoms with Crippen molar-refractivity contribution in [3.8, 4) is 0 Å². The number of allylic oxidation sites excluding steroid dienone is 4. The van der Waals surface area contributed by atoms with Gasteiger partial charge in [0.2, 0.25) is 0 Å². The molecule has 0 unspecified atom stereocenters. The molecule has 0 saturated carbocycles. The fraction of sp³-hybridized carbons (Fsp3) is 0.167. The van der Waals surface area contributed by atoms with Crippen LogP contribution in [-0.2, 0) is 0 Å². The Kier molecular flexibility index (Phi) is 3.34. The highest BCUT2D eigenvalue weighted by molar-refractivity contribution is 5.64. The van der Waals surface area contributed by atoms with E-state index >= 15 is 0 Å². The lowest BCUT2D eigenvalue weighted by atomic mass is 10.1. The molecule has 0 aliphatic rings. The summed E-state index contributed by atoms with van der Waals surface area (Å²) in [5.41, 5.74) is 2.59. The van der Waals surface area contributed by atoms with Crippen LogP contribution in [0.25, 0.3) is 5.57 Å². The molecule has 0 aromatic heterocycles. The SMILES string of the molecule is C/C=C\C=C(/C)c1ccccc1. The second kappa shape index (κ2) is 4.55. The molecule has 0 saturated heterocycles. The third-order valence-corrected chi connectivity index (χ3v) is 1.77. The smallest absolute Gasteiger partial charge is 0.0227 e. The standard InChI is InChI=1S/C12H14/c1-3-4-8-11(2)12-9-6-5-7-10-12/h3-10H,1-2H3/b4-3-,11-8+. The minimum Gasteiger partial charge on any atom is -0.0877 e. The van der Waals surface area contributed by atoms with Crippen LogP contribution in [0.1, 0.15) is 19.4 Å². The van der Waals surface area contributed by atoms with Gasteiger partial charge in [-0.25, -0.2) is 0 Å². The van der Waals surface area contributed by atoms with Crippen LogP contribution >= 0.6 is 0 Å². The molecule has 12 heavy (non-hydrogen) atoms. The molecule has 0 fully saturated rings. The van der Waals surface area contributed by atoms with Crippen LogP contribution in [0.3, 0.4) is 0 Å². The van der Waals surface area contributed by atoms with Gasteiger partial charge in [-0.2, -0.15) is 0 Å². The largest absolute Gasteiger partial charge is 0.0877 e. The molecule has 62 valence electrons. The first-order valence-corrected chi connectivity index (χ1v) is 4.19. The lowest BCUT2D eigenvalue weighted by Crippen LogP contribution is -1.75. The number of benzene rings is 1. The van der Waals surface area contributed by atoms with Crippen molar-refractivity contribution in [1.29, 1.82) is 0 Å². The van der Waals surface area contributed by atoms with Gasteiger partial charge in [-0.05, 0) is 25.0 Å². The van der Waals surface area contributed by atoms with Gasteiger partial charge in [0.05, 0.1) is 0 Å². The molecular weight excluding hydrogens is 144 g/mol. The van der Waals surface area contributed by atoms with E-state index in [4.69, 9.17) is 0 Å². The van der Waals surface area contributed by atoms with Gasteiger partial charge in [0.1, 0.15) is 0 Å². The third-order valence-electron chi connectivity index (χ3n) is 1.77. The molecule has 1 aromatic rings. The summed E-state index contributed by atoms with van der Waals surface area (Å²) >= 11 is 0. The van der Waals surface area contributed by atoms with Crippen molar-refractivity contribution in [2.75, 3.05) is 0 Å². The van der Waals surface area contributed by atoms with E-state index in [1.54, 1.807) is 0 Å². The summed E-state index contributed by atoms with van der Waals surface area (Å²) in [4.78, 5) is 0. The Morgan fingerprint density at radius 1 is 1.17 bits per heavy atom. The van der Waals surface area contributed by atoms with Gasteiger partial charge in [0.15, 0.2) is 0 Å². The highest BCUT2D eigenvalue weighted by Crippen LogP contribution is 2.12. The van der Waals surface area contributed by atoms with Gasteiger partial charge in [-0.15, -0.1) is 0 Å². The van der Waals surface area contributed by atoms with E-state index in [1.165, 1.54) is 11.1 Å². The Labute approximate surface area is 74.2 Å². The Morgan fingerprint density at radius 2 is 1.83 bits per heavy atom. The maximum atomic E-state index is 2.12. The topological polar surface area (TPSA) is 0 Å². The van der Waals surface area contributed by atoms with Crippen molar-refractivity contribution >= 4 is 5.57 Å². The van der Waals surface area contributed by atoms with Crippen LogP contribution in [0.5, 0.6) is 0 Å². The summed E-state index contributed by atoms with van der Waals surface area (Å²) < 4.78 is 0. The fourth-order valence-electron chi connectivity index (χ4n) is 1.04. The van der Waals surface area contributed by atoms with Crippen molar-refractivity contribution in [1.82, 2.24) is 0 Å². The minimum atomic E-state index is 1.29. The maximum Gasteiger partial charge on any atom is -0.0227 e. The van der Waals surface area contributed by atoms with Gasteiger partial charge in [-0.1, -0.05) is 48.6 Å². The first-order chi connectivity index (χ1) is 5.84. The van der Waals surface area contributed by atoms with Gasteiger partial charge in [0, 0.05) is 0 Å². The van der Waals surface area contributed by atoms with Crippen LogP contribution in [0.2, 0.25) is 0 Å². The van der Waals surface area contributed by atoms with E-state index in [9.17, 15) is 0 Å². The zero-order valence-electron chi connectivity index (χ0n) is 7.62. The summed E-state index contributed by atoms with van der Waals surface area (Å²) in [6, 6.07) is 10.4. The summed E-state index contributed by atoms with van der Waals surface area (Å²) in [6.45, 7) is 4.14. The molecule has 0 nitrogen and oxygen atoms in total. The average molecular weight is 158 g/mol. The molecule has 0 atom stereocenters. The fourth-order valence-corrected chi connectivity index (χ4v) is 1.04. The molecule has 0 heterocycles. The second-order valence-electron chi connectivity index (χ2n) is 2.74. The lowest BCUT2D eigenvalue weighted by molar-refractivity contribution is 1.56. The molecule has 0 aliphatic heterocycles. The summed E-state index contributed by atoms with van der Waals surface area (Å²) in [7, 11) is 0. The van der Waals surface area contributed by atoms with Gasteiger partial charge >= 0.3 is 0 Å². The Hall–Kier alpha value is -1.30. The zero-order valence-corrected chi connectivity index (χ0v) is 7.62. The minimum absolute atomic E-state index is 1.29. The molecule has 0 aliphatic carbocycles. The summed E-state index contributed by atoms with van der Waals surface area (Å²) in [6.07, 6.45) is 6.21. The van der Waals surface area contributed by atoms with Gasteiger partial charge in [0.25, 0.3) is 0 Å². The van der Waals surface area contributed by atoms with Crippen LogP contribution in [0.4, 0.5) is 0 Å². The quantitative estimate of drug-likeness (QED) is 0.576. The van der Waals surface area contributed by atoms with E-state index in [2.05, 4.69) is 43.3 Å². The van der Waals surface area contributed by atoms with Crippen LogP contribution in [-0.4, -0.2) is 0 Å². The molecule has 0 spiro atoms. The predicted molar refractivity (Wildman–Crippen MR) is 54.9 cm³/mol. The first kappa shape index (κ1) is 8.79. The zero-order chi connectivity index (χ0) is 8.81. The van der Waals surface area contributed by atoms with Crippen molar-refractivity contribution < 1.29 is 0 Å². The van der Waals surface area contributed by atoms with Crippen LogP contribution < -0.4 is 0 Å². The number of rotatable bonds is 2. The van der Waals surface area contributed by atoms with Crippen molar-refractivity contribution in [3.63, 3.8) is 0 Å². The molecule has 0 N–H and O–H groups in total. The normalized spacial score (nSPS) is 12.3. The van der Waals surface area contributed by atoms with E-state index < -0.39 is 0 Å². The van der Waals surface area contributed by atoms with Crippen molar-refractivity contribution in [3.05, 3.63) is 54.1 Å². The predicted octanol–water partition coefficient (Wildman–Crippen LogP) is 3.67. The Morgan fingerprint density at radius 3 is 2.42 bits per heavy atom. The van der Waals surface area contributed by atoms with Gasteiger partial charge in [-0.3, -0.25) is 0 Å². The average Bonchev–Trinajstić information content (AvgIpc) is 2.15. The highest BCUT2D eigenvalue weighted by atomic mass is 13.9. The number of hydrogen-bond acceptors (Lipinski definition) is 0. The third kappa shape index (κ3) is 2.39. The maximum absolute atomic E-state index is 2.12. The molecule has 0 radical (unpaired) electrons. The van der Waals surface area contributed by atoms with E-state index in [-0.39, 0.29) is 0 Å².